The first kappa shape index (κ1) is 19.9. The van der Waals surface area contributed by atoms with Gasteiger partial charge in [-0.3, -0.25) is 10.1 Å². The van der Waals surface area contributed by atoms with Gasteiger partial charge < -0.3 is 14.7 Å². The molecule has 0 saturated carbocycles. The van der Waals surface area contributed by atoms with Crippen LogP contribution in [0.2, 0.25) is 0 Å². The van der Waals surface area contributed by atoms with Crippen molar-refractivity contribution < 1.29 is 46.0 Å². The smallest absolute Gasteiger partial charge is 0.423 e. The lowest BCUT2D eigenvalue weighted by Crippen LogP contribution is -2.11. The van der Waals surface area contributed by atoms with Crippen LogP contribution in [0.5, 0.6) is 11.5 Å². The molecule has 2 N–H and O–H groups in total. The van der Waals surface area contributed by atoms with Crippen LogP contribution in [0.15, 0.2) is 22.7 Å². The predicted octanol–water partition coefficient (Wildman–Crippen LogP) is 4.16. The molecule has 1 aromatic heterocycles. The lowest BCUT2D eigenvalue weighted by Gasteiger charge is -2.12. The average molecular weight is 421 g/mol. The van der Waals surface area contributed by atoms with E-state index in [1.807, 2.05) is 0 Å². The molecule has 14 heteroatoms. The molecular formula is C15H5F6N3O5. The van der Waals surface area contributed by atoms with E-state index in [1.54, 1.807) is 0 Å². The highest BCUT2D eigenvalue weighted by atomic mass is 19.4. The first-order valence-corrected chi connectivity index (χ1v) is 7.21. The maximum Gasteiger partial charge on any atom is 0.423 e. The van der Waals surface area contributed by atoms with Crippen molar-refractivity contribution in [1.82, 2.24) is 10.1 Å². The van der Waals surface area contributed by atoms with Gasteiger partial charge in [0.25, 0.3) is 5.89 Å². The van der Waals surface area contributed by atoms with Crippen LogP contribution in [0, 0.1) is 27.6 Å². The van der Waals surface area contributed by atoms with Gasteiger partial charge in [-0.05, 0) is 18.2 Å². The summed E-state index contributed by atoms with van der Waals surface area (Å²) in [4.78, 5) is 12.9. The van der Waals surface area contributed by atoms with Crippen molar-refractivity contribution >= 4 is 5.69 Å². The van der Waals surface area contributed by atoms with Crippen LogP contribution in [0.1, 0.15) is 5.56 Å². The Kier molecular flexibility index (Phi) is 4.56. The van der Waals surface area contributed by atoms with E-state index < -0.39 is 74.1 Å². The monoisotopic (exact) mass is 421 g/mol. The second kappa shape index (κ2) is 6.65. The second-order valence-electron chi connectivity index (χ2n) is 5.45. The predicted molar refractivity (Wildman–Crippen MR) is 80.0 cm³/mol. The Morgan fingerprint density at radius 1 is 1.07 bits per heavy atom. The number of hydrogen-bond donors (Lipinski definition) is 2. The van der Waals surface area contributed by atoms with Gasteiger partial charge in [0.1, 0.15) is 0 Å². The molecule has 0 amide bonds. The number of halogens is 6. The molecule has 0 aliphatic rings. The number of alkyl halides is 3. The largest absolute Gasteiger partial charge is 0.504 e. The Labute approximate surface area is 154 Å². The lowest BCUT2D eigenvalue weighted by atomic mass is 10.0. The number of benzene rings is 2. The normalized spacial score (nSPS) is 11.7. The Hall–Kier alpha value is -3.84. The first-order valence-electron chi connectivity index (χ1n) is 7.21. The molecule has 8 nitrogen and oxygen atoms in total. The quantitative estimate of drug-likeness (QED) is 0.214. The fraction of sp³-hybridized carbons (Fsp3) is 0.0667. The number of nitrogens with zero attached hydrogens (tertiary/aromatic N) is 3. The zero-order valence-corrected chi connectivity index (χ0v) is 13.5. The molecule has 0 radical (unpaired) electrons. The Morgan fingerprint density at radius 2 is 1.66 bits per heavy atom. The SMILES string of the molecule is O=[N+]([O-])c1c(O)c(O)cc(-c2nc(-c3cc(F)c(F)c(F)c3)no2)c1C(F)(F)F. The zero-order chi connectivity index (χ0) is 21.7. The number of nitro groups is 1. The molecule has 2 aromatic carbocycles. The van der Waals surface area contributed by atoms with Gasteiger partial charge in [-0.25, -0.2) is 13.2 Å². The molecule has 0 spiro atoms. The Morgan fingerprint density at radius 3 is 2.17 bits per heavy atom. The highest BCUT2D eigenvalue weighted by Gasteiger charge is 2.45. The summed E-state index contributed by atoms with van der Waals surface area (Å²) in [5, 5.41) is 33.2. The minimum Gasteiger partial charge on any atom is -0.504 e. The van der Waals surface area contributed by atoms with Gasteiger partial charge in [0.2, 0.25) is 11.6 Å². The van der Waals surface area contributed by atoms with Gasteiger partial charge in [0.05, 0.1) is 10.5 Å². The number of aromatic hydroxyl groups is 2. The summed E-state index contributed by atoms with van der Waals surface area (Å²) in [5.74, 6) is -9.74. The van der Waals surface area contributed by atoms with Gasteiger partial charge in [0, 0.05) is 5.56 Å². The van der Waals surface area contributed by atoms with Crippen molar-refractivity contribution in [3.8, 4) is 34.3 Å². The minimum atomic E-state index is -5.41. The molecule has 3 rings (SSSR count). The number of hydrogen-bond acceptors (Lipinski definition) is 7. The topological polar surface area (TPSA) is 123 Å². The summed E-state index contributed by atoms with van der Waals surface area (Å²) in [7, 11) is 0. The molecule has 0 atom stereocenters. The molecule has 29 heavy (non-hydrogen) atoms. The molecule has 0 unspecified atom stereocenters. The average Bonchev–Trinajstić information content (AvgIpc) is 3.09. The molecule has 0 saturated heterocycles. The number of nitro benzene ring substituents is 1. The summed E-state index contributed by atoms with van der Waals surface area (Å²) in [6.07, 6.45) is -5.41. The standard InChI is InChI=1S/C15H5F6N3O5/c16-6-1-4(2-7(17)10(6)18)13-22-14(29-23-13)5-3-8(25)12(26)11(24(27)28)9(5)15(19,20)21/h1-3,25-26H. The molecule has 0 fully saturated rings. The van der Waals surface area contributed by atoms with E-state index in [1.165, 1.54) is 0 Å². The molecule has 3 aromatic rings. The molecule has 0 bridgehead atoms. The van der Waals surface area contributed by atoms with Crippen LogP contribution in [-0.4, -0.2) is 25.3 Å². The lowest BCUT2D eigenvalue weighted by molar-refractivity contribution is -0.389. The number of rotatable bonds is 3. The summed E-state index contributed by atoms with van der Waals surface area (Å²) in [6, 6.07) is 1.16. The van der Waals surface area contributed by atoms with Crippen LogP contribution >= 0.6 is 0 Å². The van der Waals surface area contributed by atoms with E-state index in [4.69, 9.17) is 0 Å². The fourth-order valence-corrected chi connectivity index (χ4v) is 2.41. The van der Waals surface area contributed by atoms with Crippen molar-refractivity contribution in [2.75, 3.05) is 0 Å². The first-order chi connectivity index (χ1) is 13.4. The third-order valence-electron chi connectivity index (χ3n) is 3.62. The van der Waals surface area contributed by atoms with E-state index in [0.29, 0.717) is 12.1 Å². The maximum atomic E-state index is 13.4. The van der Waals surface area contributed by atoms with E-state index in [0.717, 1.165) is 0 Å². The van der Waals surface area contributed by atoms with Crippen LogP contribution in [0.25, 0.3) is 22.8 Å². The molecule has 0 aliphatic carbocycles. The van der Waals surface area contributed by atoms with Gasteiger partial charge in [-0.15, -0.1) is 0 Å². The van der Waals surface area contributed by atoms with Gasteiger partial charge in [0.15, 0.2) is 28.8 Å². The van der Waals surface area contributed by atoms with Gasteiger partial charge in [-0.2, -0.15) is 18.2 Å². The summed E-state index contributed by atoms with van der Waals surface area (Å²) < 4.78 is 84.5. The van der Waals surface area contributed by atoms with Crippen LogP contribution in [0.4, 0.5) is 32.0 Å². The molecule has 0 aliphatic heterocycles. The third-order valence-corrected chi connectivity index (χ3v) is 3.62. The highest BCUT2D eigenvalue weighted by molar-refractivity contribution is 5.75. The number of phenols is 2. The van der Waals surface area contributed by atoms with Crippen molar-refractivity contribution in [1.29, 1.82) is 0 Å². The van der Waals surface area contributed by atoms with Crippen LogP contribution in [-0.2, 0) is 6.18 Å². The van der Waals surface area contributed by atoms with E-state index in [9.17, 15) is 46.7 Å². The van der Waals surface area contributed by atoms with Gasteiger partial charge >= 0.3 is 11.9 Å². The van der Waals surface area contributed by atoms with Crippen molar-refractivity contribution in [3.63, 3.8) is 0 Å². The molecular weight excluding hydrogens is 416 g/mol. The van der Waals surface area contributed by atoms with Crippen molar-refractivity contribution in [3.05, 3.63) is 51.3 Å². The minimum absolute atomic E-state index is 0.286. The number of aromatic nitrogens is 2. The van der Waals surface area contributed by atoms with Gasteiger partial charge in [-0.1, -0.05) is 5.16 Å². The summed E-state index contributed by atoms with van der Waals surface area (Å²) in [5.41, 5.74) is -5.57. The second-order valence-corrected chi connectivity index (χ2v) is 5.45. The number of phenolic OH excluding ortho intramolecular Hbond substituents is 2. The fourth-order valence-electron chi connectivity index (χ4n) is 2.41. The summed E-state index contributed by atoms with van der Waals surface area (Å²) >= 11 is 0. The van der Waals surface area contributed by atoms with E-state index in [-0.39, 0.29) is 6.07 Å². The molecule has 152 valence electrons. The maximum absolute atomic E-state index is 13.4. The summed E-state index contributed by atoms with van der Waals surface area (Å²) in [6.45, 7) is 0. The molecule has 1 heterocycles. The third kappa shape index (κ3) is 3.39. The zero-order valence-electron chi connectivity index (χ0n) is 13.5. The van der Waals surface area contributed by atoms with E-state index >= 15 is 0 Å². The van der Waals surface area contributed by atoms with Crippen molar-refractivity contribution in [2.24, 2.45) is 0 Å². The van der Waals surface area contributed by atoms with E-state index in [2.05, 4.69) is 14.7 Å². The van der Waals surface area contributed by atoms with Crippen LogP contribution < -0.4 is 0 Å². The Balaban J connectivity index is 2.25. The van der Waals surface area contributed by atoms with Crippen molar-refractivity contribution in [2.45, 2.75) is 6.18 Å². The Bertz CT molecular complexity index is 1120. The highest BCUT2D eigenvalue weighted by Crippen LogP contribution is 2.50. The van der Waals surface area contributed by atoms with Crippen LogP contribution in [0.3, 0.4) is 0 Å².